The molecule has 0 radical (unpaired) electrons. The lowest BCUT2D eigenvalue weighted by molar-refractivity contribution is -0.267. The number of aliphatic hydroxyl groups is 4. The molecule has 1 aromatic rings. The van der Waals surface area contributed by atoms with E-state index in [2.05, 4.69) is 28.3 Å². The minimum Gasteiger partial charge on any atom is -0.508 e. The first-order valence-electron chi connectivity index (χ1n) is 28.4. The van der Waals surface area contributed by atoms with Crippen LogP contribution in [-0.4, -0.2) is 133 Å². The molecule has 434 valence electrons. The van der Waals surface area contributed by atoms with E-state index in [1.54, 1.807) is 51.1 Å². The summed E-state index contributed by atoms with van der Waals surface area (Å²) in [5.74, 6) is -6.33. The minimum absolute atomic E-state index is 0.0254. The number of ketones is 1. The zero-order valence-electron chi connectivity index (χ0n) is 47.6. The normalized spacial score (nSPS) is 34.9. The third kappa shape index (κ3) is 16.7. The highest BCUT2D eigenvalue weighted by molar-refractivity contribution is 5.93. The summed E-state index contributed by atoms with van der Waals surface area (Å²) in [6.45, 7) is 18.3. The molecule has 18 nitrogen and oxygen atoms in total. The highest BCUT2D eigenvalue weighted by atomic mass is 16.5. The summed E-state index contributed by atoms with van der Waals surface area (Å²) in [6, 6.07) is 2.90. The Morgan fingerprint density at radius 1 is 0.949 bits per heavy atom. The third-order valence-electron chi connectivity index (χ3n) is 16.9. The Morgan fingerprint density at radius 3 is 2.36 bits per heavy atom. The molecule has 1 spiro atoms. The maximum atomic E-state index is 14.5. The lowest BCUT2D eigenvalue weighted by Gasteiger charge is -2.56. The summed E-state index contributed by atoms with van der Waals surface area (Å²) < 4.78 is 12.9. The molecule has 1 aromatic carbocycles. The Hall–Kier alpha value is -5.24. The van der Waals surface area contributed by atoms with Crippen LogP contribution in [0, 0.1) is 47.3 Å². The summed E-state index contributed by atoms with van der Waals surface area (Å²) in [5.41, 5.74) is 3.27. The Kier molecular flexibility index (Phi) is 23.9. The van der Waals surface area contributed by atoms with Crippen molar-refractivity contribution < 1.29 is 63.8 Å². The Balaban J connectivity index is 1.35. The molecule has 0 saturated carbocycles. The zero-order chi connectivity index (χ0) is 57.6. The van der Waals surface area contributed by atoms with Crippen LogP contribution in [0.3, 0.4) is 0 Å². The van der Waals surface area contributed by atoms with E-state index in [0.29, 0.717) is 49.7 Å². The first-order chi connectivity index (χ1) is 36.9. The number of hydrazine groups is 1. The zero-order valence-corrected chi connectivity index (χ0v) is 47.6. The predicted octanol–water partition coefficient (Wildman–Crippen LogP) is 5.41. The number of nitrogens with one attached hydrogen (secondary N) is 4. The van der Waals surface area contributed by atoms with E-state index < -0.39 is 102 Å². The molecule has 5 rings (SSSR count). The fourth-order valence-electron chi connectivity index (χ4n) is 11.3. The first-order valence-corrected chi connectivity index (χ1v) is 28.4. The fraction of sp³-hybridized carbons (Fsp3) is 0.667. The van der Waals surface area contributed by atoms with E-state index >= 15 is 0 Å². The first kappa shape index (κ1) is 63.6. The van der Waals surface area contributed by atoms with E-state index in [1.807, 2.05) is 52.8 Å². The van der Waals surface area contributed by atoms with Crippen molar-refractivity contribution in [3.05, 3.63) is 77.9 Å². The number of hydrogen-bond acceptors (Lipinski definition) is 14. The van der Waals surface area contributed by atoms with Gasteiger partial charge in [-0.15, -0.1) is 0 Å². The second kappa shape index (κ2) is 29.3. The van der Waals surface area contributed by atoms with Gasteiger partial charge >= 0.3 is 5.97 Å². The van der Waals surface area contributed by atoms with Crippen molar-refractivity contribution in [2.75, 3.05) is 6.54 Å². The molecule has 18 heteroatoms. The van der Waals surface area contributed by atoms with Crippen LogP contribution in [-0.2, 0) is 44.7 Å². The number of cyclic esters (lactones) is 1. The van der Waals surface area contributed by atoms with E-state index in [0.717, 1.165) is 6.42 Å². The number of phenolic OH excluding ortho intramolecular Hbond substituents is 1. The van der Waals surface area contributed by atoms with Crippen molar-refractivity contribution in [3.8, 4) is 5.75 Å². The number of carbonyl (C=O) groups excluding carboxylic acids is 6. The van der Waals surface area contributed by atoms with Gasteiger partial charge in [0.25, 0.3) is 5.91 Å². The number of hydrogen-bond donors (Lipinski definition) is 9. The largest absolute Gasteiger partial charge is 0.508 e. The van der Waals surface area contributed by atoms with Gasteiger partial charge in [0.1, 0.15) is 41.5 Å². The Labute approximate surface area is 461 Å². The number of amides is 4. The molecule has 3 saturated heterocycles. The number of Topliss-reactive ketones (excluding diaryl/α,β-unsaturated/α-hetero) is 1. The van der Waals surface area contributed by atoms with Gasteiger partial charge in [-0.1, -0.05) is 110 Å². The molecular formula is C60H91N5O13. The van der Waals surface area contributed by atoms with E-state index in [4.69, 9.17) is 9.47 Å². The molecule has 4 amide bonds. The second-order valence-electron chi connectivity index (χ2n) is 23.2. The number of benzene rings is 1. The van der Waals surface area contributed by atoms with Crippen molar-refractivity contribution in [1.82, 2.24) is 26.4 Å². The molecule has 4 aliphatic rings. The van der Waals surface area contributed by atoms with Crippen molar-refractivity contribution >= 4 is 35.4 Å². The number of aromatic hydroxyl groups is 1. The summed E-state index contributed by atoms with van der Waals surface area (Å²) in [4.78, 5) is 82.2. The third-order valence-corrected chi connectivity index (χ3v) is 16.9. The second-order valence-corrected chi connectivity index (χ2v) is 23.2. The average molecular weight is 1090 g/mol. The average Bonchev–Trinajstić information content (AvgIpc) is 3.51. The number of nitrogens with zero attached hydrogens (tertiary/aromatic N) is 1. The van der Waals surface area contributed by atoms with Crippen LogP contribution in [0.4, 0.5) is 0 Å². The number of rotatable bonds is 15. The summed E-state index contributed by atoms with van der Waals surface area (Å²) in [7, 11) is 0. The van der Waals surface area contributed by atoms with Crippen LogP contribution < -0.4 is 21.4 Å². The van der Waals surface area contributed by atoms with Crippen LogP contribution in [0.25, 0.3) is 0 Å². The highest BCUT2D eigenvalue weighted by Gasteiger charge is 2.57. The minimum atomic E-state index is -1.43. The molecule has 0 aromatic heterocycles. The molecule has 9 N–H and O–H groups in total. The molecule has 17 atom stereocenters. The molecule has 78 heavy (non-hydrogen) atoms. The van der Waals surface area contributed by atoms with Crippen molar-refractivity contribution in [3.63, 3.8) is 0 Å². The van der Waals surface area contributed by atoms with Gasteiger partial charge in [-0.2, -0.15) is 0 Å². The number of allylic oxidation sites excluding steroid dienone is 5. The Bertz CT molecular complexity index is 2340. The number of piperidine rings is 1. The van der Waals surface area contributed by atoms with Gasteiger partial charge in [0.15, 0.2) is 0 Å². The molecule has 2 bridgehead atoms. The summed E-state index contributed by atoms with van der Waals surface area (Å²) in [5, 5.41) is 66.1. The van der Waals surface area contributed by atoms with Crippen molar-refractivity contribution in [1.29, 1.82) is 0 Å². The van der Waals surface area contributed by atoms with Crippen LogP contribution in [0.5, 0.6) is 5.75 Å². The smallest absolute Gasteiger partial charge is 0.325 e. The van der Waals surface area contributed by atoms with Crippen molar-refractivity contribution in [2.45, 2.75) is 200 Å². The van der Waals surface area contributed by atoms with Gasteiger partial charge in [0, 0.05) is 61.8 Å². The highest BCUT2D eigenvalue weighted by Crippen LogP contribution is 2.46. The molecular weight excluding hydrogens is 999 g/mol. The number of aliphatic hydroxyl groups excluding tert-OH is 4. The summed E-state index contributed by atoms with van der Waals surface area (Å²) >= 11 is 0. The topological polar surface area (TPSA) is 273 Å². The van der Waals surface area contributed by atoms with Gasteiger partial charge in [-0.05, 0) is 93.9 Å². The van der Waals surface area contributed by atoms with Crippen LogP contribution in [0.1, 0.15) is 139 Å². The van der Waals surface area contributed by atoms with Crippen LogP contribution >= 0.6 is 0 Å². The molecule has 4 aliphatic heterocycles. The van der Waals surface area contributed by atoms with E-state index in [9.17, 15) is 54.3 Å². The lowest BCUT2D eigenvalue weighted by Crippen LogP contribution is -2.71. The summed E-state index contributed by atoms with van der Waals surface area (Å²) in [6.07, 6.45) is 10.6. The van der Waals surface area contributed by atoms with Gasteiger partial charge in [0.05, 0.1) is 36.4 Å². The van der Waals surface area contributed by atoms with E-state index in [-0.39, 0.29) is 79.3 Å². The maximum Gasteiger partial charge on any atom is 0.325 e. The van der Waals surface area contributed by atoms with Gasteiger partial charge in [0.2, 0.25) is 17.7 Å². The van der Waals surface area contributed by atoms with Gasteiger partial charge in [-0.25, -0.2) is 5.43 Å². The predicted molar refractivity (Wildman–Crippen MR) is 295 cm³/mol. The molecule has 0 aliphatic carbocycles. The number of fused-ring (bicyclic) bond motifs is 2. The monoisotopic (exact) mass is 1090 g/mol. The lowest BCUT2D eigenvalue weighted by atomic mass is 9.69. The van der Waals surface area contributed by atoms with E-state index in [1.165, 1.54) is 30.1 Å². The molecule has 3 fully saturated rings. The molecule has 2 unspecified atom stereocenters. The fourth-order valence-corrected chi connectivity index (χ4v) is 11.3. The maximum absolute atomic E-state index is 14.5. The van der Waals surface area contributed by atoms with Crippen LogP contribution in [0.2, 0.25) is 0 Å². The Morgan fingerprint density at radius 2 is 1.68 bits per heavy atom. The SMILES string of the molecule is CC[C@H]1C[C@H](C)[C@@]2(NC1=O)O[C@@H](CC(O)[C@@H](C)CC/C=C/C=C(\C)[C@@H]1C/C=C/C=C/[C@H](O)[C@H](C)[C@@H](O)[C@@H](CCC(C)=O)C(=O)N[C@@H](C(C)C)C(=O)N[C@@H](Cc3cccc(O)c3)C(=O)N3CCCC(N3)C(=O)O1)[C@H](C)[C@H](O)[C@@H]2C. The van der Waals surface area contributed by atoms with Gasteiger partial charge < -0.3 is 55.8 Å². The quantitative estimate of drug-likeness (QED) is 0.0786. The standard InChI is InChI=1S/C60H91N5O13/c1-11-43-30-37(6)60(63-55(43)72)41(10)53(70)40(9)51(78-60)33-49(69)35(4)20-14-12-15-21-36(5)50-26-17-13-16-25-48(68)39(8)54(71)45(28-27-38(7)66)56(73)62-52(34(2)3)57(74)61-47(32-42-22-18-23-44(67)31-42)58(75)65-29-19-24-46(64-65)59(76)77-50/h12-13,15-18,21-23,25,31,34-35,37,39-41,43,45-54,64,67-71H,11,14,19-20,24,26-30,32-33H2,1-10H3,(H,61,74)(H,62,73)(H,63,72)/b15-12+,17-13+,25-16+,36-21+/t35-,37-,39-,40-,41-,43-,45+,46?,47-,48-,49?,50-,51-,52-,53-,54+,60+/m0/s1. The molecule has 4 heterocycles. The number of ether oxygens (including phenoxy) is 2. The van der Waals surface area contributed by atoms with Crippen molar-refractivity contribution in [2.24, 2.45) is 47.3 Å². The van der Waals surface area contributed by atoms with Crippen LogP contribution in [0.15, 0.2) is 72.4 Å². The number of phenols is 1. The van der Waals surface area contributed by atoms with Gasteiger partial charge in [-0.3, -0.25) is 29.0 Å². The number of esters is 1. The number of carbonyl (C=O) groups is 6.